The van der Waals surface area contributed by atoms with Gasteiger partial charge < -0.3 is 9.84 Å². The zero-order chi connectivity index (χ0) is 15.4. The molecule has 3 rings (SSSR count). The van der Waals surface area contributed by atoms with Crippen LogP contribution < -0.4 is 4.74 Å². The highest BCUT2D eigenvalue weighted by Crippen LogP contribution is 2.19. The molecule has 3 aromatic rings. The smallest absolute Gasteiger partial charge is 0.172 e. The fourth-order valence-electron chi connectivity index (χ4n) is 2.14. The maximum Gasteiger partial charge on any atom is 0.172 e. The lowest BCUT2D eigenvalue weighted by molar-refractivity contribution is 0.126. The summed E-state index contributed by atoms with van der Waals surface area (Å²) in [4.78, 5) is 4.37. The van der Waals surface area contributed by atoms with Gasteiger partial charge in [0.25, 0.3) is 0 Å². The molecule has 0 aliphatic rings. The third kappa shape index (κ3) is 3.61. The number of aromatic nitrogens is 2. The molecule has 0 aliphatic heterocycles. The van der Waals surface area contributed by atoms with Crippen LogP contribution in [0, 0.1) is 6.92 Å². The highest BCUT2D eigenvalue weighted by atomic mass is 32.2. The van der Waals surface area contributed by atoms with E-state index in [0.29, 0.717) is 5.75 Å². The van der Waals surface area contributed by atoms with Gasteiger partial charge in [0.05, 0.1) is 17.8 Å². The van der Waals surface area contributed by atoms with Crippen molar-refractivity contribution in [3.05, 3.63) is 60.4 Å². The summed E-state index contributed by atoms with van der Waals surface area (Å²) in [5, 5.41) is 10.9. The van der Waals surface area contributed by atoms with E-state index in [0.717, 1.165) is 22.0 Å². The highest BCUT2D eigenvalue weighted by Gasteiger charge is 2.09. The Bertz CT molecular complexity index is 757. The van der Waals surface area contributed by atoms with Crippen LogP contribution in [0.4, 0.5) is 0 Å². The second kappa shape index (κ2) is 6.85. The fourth-order valence-corrected chi connectivity index (χ4v) is 3.01. The van der Waals surface area contributed by atoms with Gasteiger partial charge in [0.1, 0.15) is 12.4 Å². The number of nitrogens with zero attached hydrogens (tertiary/aromatic N) is 2. The molecule has 2 heterocycles. The number of fused-ring (bicyclic) bond motifs is 1. The number of ether oxygens (including phenoxy) is 1. The largest absolute Gasteiger partial charge is 0.491 e. The SMILES string of the molecule is Cc1cccc(OC[C@H](O)CSc2ncc3ccccn23)c1. The Morgan fingerprint density at radius 1 is 1.27 bits per heavy atom. The van der Waals surface area contributed by atoms with E-state index in [-0.39, 0.29) is 6.61 Å². The zero-order valence-electron chi connectivity index (χ0n) is 12.3. The number of hydrogen-bond donors (Lipinski definition) is 1. The van der Waals surface area contributed by atoms with Gasteiger partial charge in [-0.3, -0.25) is 4.40 Å². The lowest BCUT2D eigenvalue weighted by atomic mass is 10.2. The van der Waals surface area contributed by atoms with Gasteiger partial charge in [-0.2, -0.15) is 0 Å². The van der Waals surface area contributed by atoms with Crippen LogP contribution in [0.1, 0.15) is 5.56 Å². The van der Waals surface area contributed by atoms with Crippen molar-refractivity contribution in [1.82, 2.24) is 9.38 Å². The number of imidazole rings is 1. The van der Waals surface area contributed by atoms with Gasteiger partial charge in [0.15, 0.2) is 5.16 Å². The lowest BCUT2D eigenvalue weighted by Gasteiger charge is -2.12. The molecule has 0 bridgehead atoms. The van der Waals surface area contributed by atoms with E-state index >= 15 is 0 Å². The van der Waals surface area contributed by atoms with Crippen LogP contribution >= 0.6 is 11.8 Å². The summed E-state index contributed by atoms with van der Waals surface area (Å²) in [5.74, 6) is 1.33. The minimum Gasteiger partial charge on any atom is -0.491 e. The van der Waals surface area contributed by atoms with Gasteiger partial charge in [-0.25, -0.2) is 4.98 Å². The van der Waals surface area contributed by atoms with E-state index < -0.39 is 6.10 Å². The second-order valence-electron chi connectivity index (χ2n) is 5.13. The lowest BCUT2D eigenvalue weighted by Crippen LogP contribution is -2.20. The first-order chi connectivity index (χ1) is 10.7. The van der Waals surface area contributed by atoms with Gasteiger partial charge in [-0.15, -0.1) is 0 Å². The maximum atomic E-state index is 10.1. The number of aryl methyl sites for hydroxylation is 1. The van der Waals surface area contributed by atoms with Crippen LogP contribution in [0.25, 0.3) is 5.52 Å². The minimum absolute atomic E-state index is 0.278. The fraction of sp³-hybridized carbons (Fsp3) is 0.235. The standard InChI is InChI=1S/C17H18N2O2S/c1-13-5-4-7-16(9-13)21-11-15(20)12-22-17-18-10-14-6-2-3-8-19(14)17/h2-10,15,20H,11-12H2,1H3/t15-/m0/s1. The monoisotopic (exact) mass is 314 g/mol. The number of thioether (sulfide) groups is 1. The first-order valence-corrected chi connectivity index (χ1v) is 8.13. The molecule has 0 radical (unpaired) electrons. The third-order valence-corrected chi connectivity index (χ3v) is 4.35. The summed E-state index contributed by atoms with van der Waals surface area (Å²) in [6.07, 6.45) is 3.26. The average Bonchev–Trinajstić information content (AvgIpc) is 2.94. The zero-order valence-corrected chi connectivity index (χ0v) is 13.2. The van der Waals surface area contributed by atoms with Gasteiger partial charge >= 0.3 is 0 Å². The van der Waals surface area contributed by atoms with Crippen LogP contribution in [-0.4, -0.2) is 33.0 Å². The third-order valence-electron chi connectivity index (χ3n) is 3.24. The van der Waals surface area contributed by atoms with Gasteiger partial charge in [-0.05, 0) is 36.8 Å². The Labute approximate surface area is 133 Å². The van der Waals surface area contributed by atoms with E-state index in [9.17, 15) is 5.11 Å². The molecule has 0 spiro atoms. The van der Waals surface area contributed by atoms with Crippen LogP contribution in [0.2, 0.25) is 0 Å². The van der Waals surface area contributed by atoms with Crippen molar-refractivity contribution in [3.8, 4) is 5.75 Å². The van der Waals surface area contributed by atoms with E-state index in [1.165, 1.54) is 11.8 Å². The summed E-state index contributed by atoms with van der Waals surface area (Å²) in [6, 6.07) is 13.8. The first kappa shape index (κ1) is 14.9. The summed E-state index contributed by atoms with van der Waals surface area (Å²) in [7, 11) is 0. The summed E-state index contributed by atoms with van der Waals surface area (Å²) in [6.45, 7) is 2.29. The Balaban J connectivity index is 1.53. The molecule has 1 aromatic carbocycles. The number of pyridine rings is 1. The van der Waals surface area contributed by atoms with Crippen molar-refractivity contribution in [2.24, 2.45) is 0 Å². The number of rotatable bonds is 6. The normalized spacial score (nSPS) is 12.5. The number of aliphatic hydroxyl groups is 1. The van der Waals surface area contributed by atoms with Gasteiger partial charge in [0, 0.05) is 11.9 Å². The van der Waals surface area contributed by atoms with Crippen molar-refractivity contribution in [2.45, 2.75) is 18.2 Å². The van der Waals surface area contributed by atoms with E-state index in [1.807, 2.05) is 66.2 Å². The van der Waals surface area contributed by atoms with Crippen molar-refractivity contribution < 1.29 is 9.84 Å². The van der Waals surface area contributed by atoms with Crippen LogP contribution in [0.15, 0.2) is 60.0 Å². The molecular formula is C17H18N2O2S. The topological polar surface area (TPSA) is 46.8 Å². The summed E-state index contributed by atoms with van der Waals surface area (Å²) >= 11 is 1.52. The maximum absolute atomic E-state index is 10.1. The van der Waals surface area contributed by atoms with Crippen LogP contribution in [0.3, 0.4) is 0 Å². The molecular weight excluding hydrogens is 296 g/mol. The number of hydrogen-bond acceptors (Lipinski definition) is 4. The molecule has 5 heteroatoms. The summed E-state index contributed by atoms with van der Waals surface area (Å²) in [5.41, 5.74) is 2.20. The molecule has 0 saturated heterocycles. The molecule has 0 saturated carbocycles. The van der Waals surface area contributed by atoms with E-state index in [2.05, 4.69) is 4.98 Å². The van der Waals surface area contributed by atoms with E-state index in [1.54, 1.807) is 0 Å². The highest BCUT2D eigenvalue weighted by molar-refractivity contribution is 7.99. The van der Waals surface area contributed by atoms with Crippen LogP contribution in [-0.2, 0) is 0 Å². The van der Waals surface area contributed by atoms with Crippen molar-refractivity contribution in [3.63, 3.8) is 0 Å². The Kier molecular flexibility index (Phi) is 4.65. The van der Waals surface area contributed by atoms with Gasteiger partial charge in [-0.1, -0.05) is 30.0 Å². The average molecular weight is 314 g/mol. The Morgan fingerprint density at radius 2 is 2.18 bits per heavy atom. The quantitative estimate of drug-likeness (QED) is 0.710. The number of benzene rings is 1. The minimum atomic E-state index is -0.540. The molecule has 0 aliphatic carbocycles. The van der Waals surface area contributed by atoms with E-state index in [4.69, 9.17) is 4.74 Å². The molecule has 22 heavy (non-hydrogen) atoms. The molecule has 1 atom stereocenters. The molecule has 0 fully saturated rings. The van der Waals surface area contributed by atoms with Gasteiger partial charge in [0.2, 0.25) is 0 Å². The van der Waals surface area contributed by atoms with Crippen molar-refractivity contribution in [2.75, 3.05) is 12.4 Å². The molecule has 4 nitrogen and oxygen atoms in total. The second-order valence-corrected chi connectivity index (χ2v) is 6.12. The number of aliphatic hydroxyl groups excluding tert-OH is 1. The Morgan fingerprint density at radius 3 is 3.05 bits per heavy atom. The molecule has 114 valence electrons. The molecule has 2 aromatic heterocycles. The molecule has 0 amide bonds. The molecule has 0 unspecified atom stereocenters. The Hall–Kier alpha value is -1.98. The van der Waals surface area contributed by atoms with Crippen molar-refractivity contribution >= 4 is 17.3 Å². The molecule has 1 N–H and O–H groups in total. The first-order valence-electron chi connectivity index (χ1n) is 7.15. The van der Waals surface area contributed by atoms with Crippen LogP contribution in [0.5, 0.6) is 5.75 Å². The predicted octanol–water partition coefficient (Wildman–Crippen LogP) is 3.17. The van der Waals surface area contributed by atoms with Crippen molar-refractivity contribution in [1.29, 1.82) is 0 Å². The summed E-state index contributed by atoms with van der Waals surface area (Å²) < 4.78 is 7.63. The predicted molar refractivity (Wildman–Crippen MR) is 88.6 cm³/mol.